The van der Waals surface area contributed by atoms with Gasteiger partial charge in [-0.25, -0.2) is 9.50 Å². The molecule has 1 fully saturated rings. The quantitative estimate of drug-likeness (QED) is 0.341. The molecule has 116 valence electrons. The normalized spacial score (nSPS) is 31.3. The SMILES string of the molecule is C#C[C@@]1(c2ccc3c(NO)ncnn23)O[C@H](CO)[C@@H](O)[C@H]1O. The van der Waals surface area contributed by atoms with Crippen LogP contribution >= 0.6 is 0 Å². The highest BCUT2D eigenvalue weighted by Gasteiger charge is 2.55. The lowest BCUT2D eigenvalue weighted by molar-refractivity contribution is -0.0629. The minimum Gasteiger partial charge on any atom is -0.394 e. The summed E-state index contributed by atoms with van der Waals surface area (Å²) in [7, 11) is 0. The number of aliphatic hydroxyl groups excluding tert-OH is 3. The first-order valence-electron chi connectivity index (χ1n) is 6.45. The van der Waals surface area contributed by atoms with Crippen molar-refractivity contribution < 1.29 is 25.3 Å². The summed E-state index contributed by atoms with van der Waals surface area (Å²) in [4.78, 5) is 3.84. The fourth-order valence-corrected chi connectivity index (χ4v) is 2.67. The molecule has 1 aliphatic rings. The molecule has 3 heterocycles. The summed E-state index contributed by atoms with van der Waals surface area (Å²) < 4.78 is 6.88. The van der Waals surface area contributed by atoms with Crippen molar-refractivity contribution in [3.05, 3.63) is 24.2 Å². The van der Waals surface area contributed by atoms with Crippen molar-refractivity contribution in [1.82, 2.24) is 14.6 Å². The number of hydrogen-bond donors (Lipinski definition) is 5. The van der Waals surface area contributed by atoms with Crippen LogP contribution in [0.15, 0.2) is 18.5 Å². The van der Waals surface area contributed by atoms with E-state index in [-0.39, 0.29) is 11.5 Å². The molecule has 9 heteroatoms. The maximum absolute atomic E-state index is 10.3. The van der Waals surface area contributed by atoms with Crippen molar-refractivity contribution in [3.63, 3.8) is 0 Å². The third kappa shape index (κ3) is 1.80. The van der Waals surface area contributed by atoms with Gasteiger partial charge >= 0.3 is 0 Å². The molecule has 1 saturated heterocycles. The van der Waals surface area contributed by atoms with E-state index >= 15 is 0 Å². The van der Waals surface area contributed by atoms with Gasteiger partial charge in [0.15, 0.2) is 11.4 Å². The second kappa shape index (κ2) is 5.20. The third-order valence-electron chi connectivity index (χ3n) is 3.79. The van der Waals surface area contributed by atoms with Gasteiger partial charge in [0.1, 0.15) is 30.2 Å². The Kier molecular flexibility index (Phi) is 3.48. The second-order valence-electron chi connectivity index (χ2n) is 4.89. The Bertz CT molecular complexity index is 742. The number of ether oxygens (including phenoxy) is 1. The van der Waals surface area contributed by atoms with Crippen molar-refractivity contribution in [1.29, 1.82) is 0 Å². The van der Waals surface area contributed by atoms with E-state index < -0.39 is 30.5 Å². The van der Waals surface area contributed by atoms with Crippen LogP contribution < -0.4 is 5.48 Å². The van der Waals surface area contributed by atoms with E-state index in [9.17, 15) is 15.3 Å². The summed E-state index contributed by atoms with van der Waals surface area (Å²) in [5.74, 6) is 2.49. The summed E-state index contributed by atoms with van der Waals surface area (Å²) in [6.45, 7) is -0.497. The molecule has 9 nitrogen and oxygen atoms in total. The van der Waals surface area contributed by atoms with Crippen LogP contribution in [0.2, 0.25) is 0 Å². The van der Waals surface area contributed by atoms with Gasteiger partial charge in [0.25, 0.3) is 0 Å². The van der Waals surface area contributed by atoms with Gasteiger partial charge in [-0.3, -0.25) is 10.7 Å². The van der Waals surface area contributed by atoms with E-state index in [0.29, 0.717) is 5.52 Å². The fourth-order valence-electron chi connectivity index (χ4n) is 2.67. The zero-order valence-corrected chi connectivity index (χ0v) is 11.3. The molecule has 1 aliphatic heterocycles. The Hall–Kier alpha value is -2.22. The molecular formula is C13H14N4O5. The Morgan fingerprint density at radius 3 is 2.82 bits per heavy atom. The number of aromatic nitrogens is 3. The first kappa shape index (κ1) is 14.7. The third-order valence-corrected chi connectivity index (χ3v) is 3.79. The van der Waals surface area contributed by atoms with Crippen molar-refractivity contribution >= 4 is 11.3 Å². The first-order valence-corrected chi connectivity index (χ1v) is 6.45. The Balaban J connectivity index is 2.19. The topological polar surface area (TPSA) is 132 Å². The zero-order chi connectivity index (χ0) is 15.9. The van der Waals surface area contributed by atoms with E-state index in [4.69, 9.17) is 16.4 Å². The number of terminal acetylenes is 1. The number of aliphatic hydroxyl groups is 3. The van der Waals surface area contributed by atoms with E-state index in [2.05, 4.69) is 16.0 Å². The monoisotopic (exact) mass is 306 g/mol. The maximum Gasteiger partial charge on any atom is 0.199 e. The van der Waals surface area contributed by atoms with Crippen molar-refractivity contribution in [3.8, 4) is 12.3 Å². The highest BCUT2D eigenvalue weighted by molar-refractivity contribution is 5.67. The predicted octanol–water partition coefficient (Wildman–Crippen LogP) is -1.53. The largest absolute Gasteiger partial charge is 0.394 e. The molecule has 22 heavy (non-hydrogen) atoms. The average molecular weight is 306 g/mol. The Morgan fingerprint density at radius 1 is 1.45 bits per heavy atom. The van der Waals surface area contributed by atoms with Gasteiger partial charge in [0, 0.05) is 0 Å². The van der Waals surface area contributed by atoms with Gasteiger partial charge in [-0.15, -0.1) is 6.42 Å². The highest BCUT2D eigenvalue weighted by Crippen LogP contribution is 2.40. The molecule has 0 saturated carbocycles. The van der Waals surface area contributed by atoms with Gasteiger partial charge < -0.3 is 20.1 Å². The van der Waals surface area contributed by atoms with Crippen LogP contribution in [0.25, 0.3) is 5.52 Å². The van der Waals surface area contributed by atoms with Crippen LogP contribution in [0.4, 0.5) is 5.82 Å². The maximum atomic E-state index is 10.3. The molecule has 0 aromatic carbocycles. The number of nitrogens with one attached hydrogen (secondary N) is 1. The predicted molar refractivity (Wildman–Crippen MR) is 72.9 cm³/mol. The van der Waals surface area contributed by atoms with Crippen LogP contribution in [0, 0.1) is 12.3 Å². The number of hydrogen-bond acceptors (Lipinski definition) is 8. The lowest BCUT2D eigenvalue weighted by atomic mass is 9.92. The standard InChI is InChI=1S/C13H14N4O5/c1-2-13(11(20)10(19)8(5-18)22-13)9-4-3-7-12(16-21)14-6-15-17(7)9/h1,3-4,6,8,10-11,18-21H,5H2,(H,14,15,16)/t8-,10-,11-,13+/m1/s1. The Labute approximate surface area is 124 Å². The second-order valence-corrected chi connectivity index (χ2v) is 4.89. The average Bonchev–Trinajstić information content (AvgIpc) is 3.09. The number of nitrogens with zero attached hydrogens (tertiary/aromatic N) is 3. The summed E-state index contributed by atoms with van der Waals surface area (Å²) in [5, 5.41) is 42.6. The molecule has 4 atom stereocenters. The molecule has 0 radical (unpaired) electrons. The number of anilines is 1. The molecule has 0 spiro atoms. The van der Waals surface area contributed by atoms with Crippen molar-refractivity contribution in [2.45, 2.75) is 23.9 Å². The van der Waals surface area contributed by atoms with E-state index in [0.717, 1.165) is 0 Å². The molecule has 5 N–H and O–H groups in total. The smallest absolute Gasteiger partial charge is 0.199 e. The lowest BCUT2D eigenvalue weighted by Gasteiger charge is -2.26. The fraction of sp³-hybridized carbons (Fsp3) is 0.385. The van der Waals surface area contributed by atoms with Crippen molar-refractivity contribution in [2.24, 2.45) is 0 Å². The zero-order valence-electron chi connectivity index (χ0n) is 11.3. The molecule has 0 aliphatic carbocycles. The molecule has 2 aromatic rings. The van der Waals surface area contributed by atoms with Crippen LogP contribution in [-0.4, -0.2) is 60.0 Å². The lowest BCUT2D eigenvalue weighted by Crippen LogP contribution is -2.40. The number of fused-ring (bicyclic) bond motifs is 1. The molecule has 3 rings (SSSR count). The van der Waals surface area contributed by atoms with E-state index in [1.807, 2.05) is 5.48 Å². The summed E-state index contributed by atoms with van der Waals surface area (Å²) >= 11 is 0. The minimum atomic E-state index is -1.68. The van der Waals surface area contributed by atoms with E-state index in [1.54, 1.807) is 12.1 Å². The van der Waals surface area contributed by atoms with Crippen LogP contribution in [0.5, 0.6) is 0 Å². The summed E-state index contributed by atoms with van der Waals surface area (Å²) in [6.07, 6.45) is 2.91. The molecule has 0 unspecified atom stereocenters. The minimum absolute atomic E-state index is 0.139. The molecular weight excluding hydrogens is 292 g/mol. The van der Waals surface area contributed by atoms with Crippen LogP contribution in [0.1, 0.15) is 5.69 Å². The first-order chi connectivity index (χ1) is 10.6. The highest BCUT2D eigenvalue weighted by atomic mass is 16.6. The van der Waals surface area contributed by atoms with Crippen molar-refractivity contribution in [2.75, 3.05) is 12.1 Å². The van der Waals surface area contributed by atoms with Crippen LogP contribution in [0.3, 0.4) is 0 Å². The van der Waals surface area contributed by atoms with Gasteiger partial charge in [-0.1, -0.05) is 5.92 Å². The van der Waals surface area contributed by atoms with E-state index in [1.165, 1.54) is 10.8 Å². The van der Waals surface area contributed by atoms with Gasteiger partial charge in [-0.2, -0.15) is 5.10 Å². The molecule has 2 aromatic heterocycles. The van der Waals surface area contributed by atoms with Crippen LogP contribution in [-0.2, 0) is 10.3 Å². The number of rotatable bonds is 3. The van der Waals surface area contributed by atoms with Gasteiger partial charge in [0.05, 0.1) is 12.3 Å². The molecule has 0 amide bonds. The van der Waals surface area contributed by atoms with Gasteiger partial charge in [-0.05, 0) is 12.1 Å². The Morgan fingerprint density at radius 2 is 2.23 bits per heavy atom. The molecule has 0 bridgehead atoms. The summed E-state index contributed by atoms with van der Waals surface area (Å²) in [6, 6.07) is 3.11. The summed E-state index contributed by atoms with van der Waals surface area (Å²) in [5.41, 5.74) is 0.913. The van der Waals surface area contributed by atoms with Gasteiger partial charge in [0.2, 0.25) is 0 Å².